The van der Waals surface area contributed by atoms with E-state index in [0.717, 1.165) is 41.9 Å². The van der Waals surface area contributed by atoms with Crippen molar-refractivity contribution in [3.63, 3.8) is 0 Å². The first kappa shape index (κ1) is 17.9. The van der Waals surface area contributed by atoms with Gasteiger partial charge in [-0.1, -0.05) is 20.3 Å². The highest BCUT2D eigenvalue weighted by Gasteiger charge is 2.24. The zero-order valence-corrected chi connectivity index (χ0v) is 14.4. The van der Waals surface area contributed by atoms with Gasteiger partial charge in [-0.15, -0.1) is 0 Å². The number of likely N-dealkylation sites (N-methyl/N-ethyl adjacent to an activating group) is 1. The fourth-order valence-electron chi connectivity index (χ4n) is 3.45. The molecule has 120 valence electrons. The third-order valence-electron chi connectivity index (χ3n) is 4.91. The van der Waals surface area contributed by atoms with E-state index in [0.29, 0.717) is 0 Å². The minimum absolute atomic E-state index is 0.230. The Kier molecular flexibility index (Phi) is 7.49. The Morgan fingerprint density at radius 2 is 1.75 bits per heavy atom. The lowest BCUT2D eigenvalue weighted by Gasteiger charge is -2.32. The van der Waals surface area contributed by atoms with Gasteiger partial charge in [0.05, 0.1) is 21.1 Å². The summed E-state index contributed by atoms with van der Waals surface area (Å²) in [7, 11) is 6.37. The summed E-state index contributed by atoms with van der Waals surface area (Å²) in [6.07, 6.45) is 6.64. The molecule has 0 aromatic heterocycles. The zero-order chi connectivity index (χ0) is 15.2. The van der Waals surface area contributed by atoms with Gasteiger partial charge in [-0.2, -0.15) is 0 Å². The van der Waals surface area contributed by atoms with E-state index in [2.05, 4.69) is 40.3 Å². The van der Waals surface area contributed by atoms with E-state index in [1.54, 1.807) is 0 Å². The molecule has 1 aliphatic rings. The number of nitrogens with zero attached hydrogens (tertiary/aromatic N) is 1. The van der Waals surface area contributed by atoms with Gasteiger partial charge in [0.1, 0.15) is 12.6 Å². The van der Waals surface area contributed by atoms with E-state index in [9.17, 15) is 5.11 Å². The molecule has 0 saturated heterocycles. The van der Waals surface area contributed by atoms with Gasteiger partial charge < -0.3 is 14.9 Å². The van der Waals surface area contributed by atoms with Crippen LogP contribution in [0, 0.1) is 17.8 Å². The second-order valence-electron chi connectivity index (χ2n) is 7.95. The molecule has 3 heteroatoms. The summed E-state index contributed by atoms with van der Waals surface area (Å²) in [5.74, 6) is 2.68. The van der Waals surface area contributed by atoms with E-state index in [1.165, 1.54) is 32.1 Å². The van der Waals surface area contributed by atoms with Crippen LogP contribution in [0.15, 0.2) is 0 Å². The van der Waals surface area contributed by atoms with Gasteiger partial charge in [-0.05, 0) is 50.0 Å². The largest absolute Gasteiger partial charge is 0.386 e. The Hall–Kier alpha value is -0.120. The van der Waals surface area contributed by atoms with Crippen molar-refractivity contribution in [1.82, 2.24) is 5.32 Å². The van der Waals surface area contributed by atoms with Crippen LogP contribution in [0.2, 0.25) is 0 Å². The van der Waals surface area contributed by atoms with E-state index < -0.39 is 0 Å². The van der Waals surface area contributed by atoms with Crippen molar-refractivity contribution in [2.75, 3.05) is 40.8 Å². The molecule has 2 atom stereocenters. The van der Waals surface area contributed by atoms with Crippen LogP contribution in [0.1, 0.15) is 46.0 Å². The molecule has 1 aliphatic carbocycles. The average molecular weight is 285 g/mol. The SMILES string of the molecule is CCC(C)C1CCC(CNCC(O)C[N+](C)(C)C)CC1. The fourth-order valence-corrected chi connectivity index (χ4v) is 3.45. The Morgan fingerprint density at radius 1 is 1.15 bits per heavy atom. The highest BCUT2D eigenvalue weighted by atomic mass is 16.3. The van der Waals surface area contributed by atoms with Gasteiger partial charge >= 0.3 is 0 Å². The Balaban J connectivity index is 2.13. The third-order valence-corrected chi connectivity index (χ3v) is 4.91. The lowest BCUT2D eigenvalue weighted by atomic mass is 9.75. The van der Waals surface area contributed by atoms with Gasteiger partial charge in [0.25, 0.3) is 0 Å². The Bertz CT molecular complexity index is 254. The molecule has 1 rings (SSSR count). The number of hydrogen-bond acceptors (Lipinski definition) is 2. The molecule has 1 fully saturated rings. The lowest BCUT2D eigenvalue weighted by molar-refractivity contribution is -0.873. The number of aliphatic hydroxyl groups is 1. The lowest BCUT2D eigenvalue weighted by Crippen LogP contribution is -2.45. The Morgan fingerprint density at radius 3 is 2.25 bits per heavy atom. The van der Waals surface area contributed by atoms with Crippen molar-refractivity contribution < 1.29 is 9.59 Å². The smallest absolute Gasteiger partial charge is 0.115 e. The molecule has 2 unspecified atom stereocenters. The number of aliphatic hydroxyl groups excluding tert-OH is 1. The van der Waals surface area contributed by atoms with Crippen LogP contribution in [0.4, 0.5) is 0 Å². The molecule has 0 spiro atoms. The van der Waals surface area contributed by atoms with Crippen molar-refractivity contribution in [3.05, 3.63) is 0 Å². The van der Waals surface area contributed by atoms with Crippen molar-refractivity contribution in [2.24, 2.45) is 17.8 Å². The van der Waals surface area contributed by atoms with Crippen molar-refractivity contribution >= 4 is 0 Å². The zero-order valence-electron chi connectivity index (χ0n) is 14.4. The van der Waals surface area contributed by atoms with Gasteiger partial charge in [-0.25, -0.2) is 0 Å². The highest BCUT2D eigenvalue weighted by Crippen LogP contribution is 2.34. The summed E-state index contributed by atoms with van der Waals surface area (Å²) in [5.41, 5.74) is 0. The van der Waals surface area contributed by atoms with Gasteiger partial charge in [0.2, 0.25) is 0 Å². The first-order valence-corrected chi connectivity index (χ1v) is 8.51. The second-order valence-corrected chi connectivity index (χ2v) is 7.95. The topological polar surface area (TPSA) is 32.3 Å². The van der Waals surface area contributed by atoms with Gasteiger partial charge in [-0.3, -0.25) is 0 Å². The van der Waals surface area contributed by atoms with E-state index in [1.807, 2.05) is 0 Å². The maximum atomic E-state index is 9.98. The number of hydrogen-bond donors (Lipinski definition) is 2. The van der Waals surface area contributed by atoms with Crippen LogP contribution < -0.4 is 5.32 Å². The average Bonchev–Trinajstić information content (AvgIpc) is 2.36. The minimum atomic E-state index is -0.230. The molecule has 0 aliphatic heterocycles. The summed E-state index contributed by atoms with van der Waals surface area (Å²) in [6.45, 7) is 7.35. The van der Waals surface area contributed by atoms with Crippen LogP contribution in [-0.2, 0) is 0 Å². The fraction of sp³-hybridized carbons (Fsp3) is 1.00. The molecule has 20 heavy (non-hydrogen) atoms. The summed E-state index contributed by atoms with van der Waals surface area (Å²) < 4.78 is 0.822. The molecule has 3 nitrogen and oxygen atoms in total. The van der Waals surface area contributed by atoms with E-state index in [4.69, 9.17) is 0 Å². The summed E-state index contributed by atoms with van der Waals surface area (Å²) in [5, 5.41) is 13.5. The summed E-state index contributed by atoms with van der Waals surface area (Å²) in [6, 6.07) is 0. The molecule has 1 saturated carbocycles. The molecule has 0 aromatic carbocycles. The van der Waals surface area contributed by atoms with Gasteiger partial charge in [0, 0.05) is 6.54 Å². The second kappa shape index (κ2) is 8.35. The highest BCUT2D eigenvalue weighted by molar-refractivity contribution is 4.77. The maximum Gasteiger partial charge on any atom is 0.115 e. The molecule has 0 aromatic rings. The van der Waals surface area contributed by atoms with Crippen LogP contribution >= 0.6 is 0 Å². The van der Waals surface area contributed by atoms with Crippen molar-refractivity contribution in [3.8, 4) is 0 Å². The van der Waals surface area contributed by atoms with E-state index in [-0.39, 0.29) is 6.10 Å². The number of rotatable bonds is 8. The first-order chi connectivity index (χ1) is 9.31. The van der Waals surface area contributed by atoms with Crippen LogP contribution in [0.25, 0.3) is 0 Å². The predicted molar refractivity (Wildman–Crippen MR) is 86.7 cm³/mol. The molecule has 0 bridgehead atoms. The summed E-state index contributed by atoms with van der Waals surface area (Å²) >= 11 is 0. The monoisotopic (exact) mass is 285 g/mol. The molecule has 0 amide bonds. The van der Waals surface area contributed by atoms with E-state index >= 15 is 0 Å². The predicted octanol–water partition coefficient (Wildman–Crippen LogP) is 2.50. The van der Waals surface area contributed by atoms with Gasteiger partial charge in [0.15, 0.2) is 0 Å². The third kappa shape index (κ3) is 7.05. The Labute approximate surface area is 126 Å². The first-order valence-electron chi connectivity index (χ1n) is 8.51. The quantitative estimate of drug-likeness (QED) is 0.672. The standard InChI is InChI=1S/C17H37N2O/c1-6-14(2)16-9-7-15(8-10-16)11-18-12-17(20)13-19(3,4)5/h14-18,20H,6-13H2,1-5H3/q+1. The molecule has 0 heterocycles. The maximum absolute atomic E-state index is 9.98. The minimum Gasteiger partial charge on any atom is -0.386 e. The van der Waals surface area contributed by atoms with Crippen LogP contribution in [0.3, 0.4) is 0 Å². The number of nitrogens with one attached hydrogen (secondary N) is 1. The molecule has 0 radical (unpaired) electrons. The molecular weight excluding hydrogens is 248 g/mol. The number of quaternary nitrogens is 1. The van der Waals surface area contributed by atoms with Crippen LogP contribution in [0.5, 0.6) is 0 Å². The van der Waals surface area contributed by atoms with Crippen LogP contribution in [-0.4, -0.2) is 56.5 Å². The molecular formula is C17H37N2O+. The normalized spacial score (nSPS) is 27.3. The van der Waals surface area contributed by atoms with Crippen molar-refractivity contribution in [2.45, 2.75) is 52.1 Å². The molecule has 2 N–H and O–H groups in total. The summed E-state index contributed by atoms with van der Waals surface area (Å²) in [4.78, 5) is 0. The van der Waals surface area contributed by atoms with Crippen molar-refractivity contribution in [1.29, 1.82) is 0 Å².